The van der Waals surface area contributed by atoms with Gasteiger partial charge in [0, 0.05) is 11.6 Å². The van der Waals surface area contributed by atoms with Crippen LogP contribution in [0.3, 0.4) is 0 Å². The fraction of sp³-hybridized carbons (Fsp3) is 0.385. The number of methoxy groups -OCH3 is 1. The van der Waals surface area contributed by atoms with E-state index in [1.807, 2.05) is 0 Å². The summed E-state index contributed by atoms with van der Waals surface area (Å²) in [4.78, 5) is 33.3. The first kappa shape index (κ1) is 15.6. The number of aryl methyl sites for hydroxylation is 1. The van der Waals surface area contributed by atoms with E-state index in [9.17, 15) is 19.7 Å². The molecule has 1 aromatic carbocycles. The third-order valence-corrected chi connectivity index (χ3v) is 2.71. The van der Waals surface area contributed by atoms with Crippen LogP contribution >= 0.6 is 0 Å². The van der Waals surface area contributed by atoms with Gasteiger partial charge in [-0.1, -0.05) is 6.92 Å². The highest BCUT2D eigenvalue weighted by Crippen LogP contribution is 2.19. The molecule has 0 aromatic heterocycles. The number of nitro benzene ring substituents is 1. The monoisotopic (exact) mass is 281 g/mol. The second-order valence-electron chi connectivity index (χ2n) is 4.08. The Kier molecular flexibility index (Phi) is 5.19. The van der Waals surface area contributed by atoms with Crippen molar-refractivity contribution in [1.29, 1.82) is 0 Å². The summed E-state index contributed by atoms with van der Waals surface area (Å²) in [6.07, 6.45) is -0.701. The highest BCUT2D eigenvalue weighted by atomic mass is 16.6. The number of esters is 2. The van der Waals surface area contributed by atoms with Crippen LogP contribution in [0.15, 0.2) is 18.2 Å². The Morgan fingerprint density at radius 3 is 2.50 bits per heavy atom. The zero-order valence-corrected chi connectivity index (χ0v) is 11.4. The molecule has 0 fully saturated rings. The Balaban J connectivity index is 2.90. The van der Waals surface area contributed by atoms with E-state index in [0.717, 1.165) is 0 Å². The smallest absolute Gasteiger partial charge is 0.347 e. The van der Waals surface area contributed by atoms with Crippen LogP contribution < -0.4 is 0 Å². The van der Waals surface area contributed by atoms with Crippen molar-refractivity contribution in [2.45, 2.75) is 26.4 Å². The summed E-state index contributed by atoms with van der Waals surface area (Å²) in [5.41, 5.74) is 0.410. The van der Waals surface area contributed by atoms with E-state index in [1.54, 1.807) is 6.92 Å². The van der Waals surface area contributed by atoms with E-state index >= 15 is 0 Å². The van der Waals surface area contributed by atoms with E-state index in [2.05, 4.69) is 4.74 Å². The summed E-state index contributed by atoms with van der Waals surface area (Å²) in [7, 11) is 1.20. The first-order chi connectivity index (χ1) is 9.40. The van der Waals surface area contributed by atoms with Crippen molar-refractivity contribution in [2.75, 3.05) is 7.11 Å². The Bertz CT molecular complexity index is 540. The summed E-state index contributed by atoms with van der Waals surface area (Å²) in [5.74, 6) is -1.36. The number of benzene rings is 1. The molecule has 0 saturated heterocycles. The maximum atomic E-state index is 11.9. The van der Waals surface area contributed by atoms with Gasteiger partial charge in [-0.05, 0) is 25.5 Å². The van der Waals surface area contributed by atoms with Gasteiger partial charge in [0.2, 0.25) is 0 Å². The number of ether oxygens (including phenoxy) is 2. The van der Waals surface area contributed by atoms with Gasteiger partial charge in [0.15, 0.2) is 6.10 Å². The second kappa shape index (κ2) is 6.65. The lowest BCUT2D eigenvalue weighted by molar-refractivity contribution is -0.385. The minimum atomic E-state index is -0.983. The molecule has 1 atom stereocenters. The molecule has 0 bridgehead atoms. The molecule has 0 spiro atoms. The van der Waals surface area contributed by atoms with Crippen molar-refractivity contribution in [3.8, 4) is 0 Å². The SMILES string of the molecule is CC[C@H](OC(=O)c1ccc([N+](=O)[O-])c(C)c1)C(=O)OC. The fourth-order valence-electron chi connectivity index (χ4n) is 1.61. The largest absolute Gasteiger partial charge is 0.466 e. The van der Waals surface area contributed by atoms with E-state index in [4.69, 9.17) is 4.74 Å². The van der Waals surface area contributed by atoms with Crippen LogP contribution in [0.5, 0.6) is 0 Å². The molecule has 7 heteroatoms. The number of hydrogen-bond donors (Lipinski definition) is 0. The van der Waals surface area contributed by atoms with Crippen LogP contribution in [0.2, 0.25) is 0 Å². The normalized spacial score (nSPS) is 11.6. The lowest BCUT2D eigenvalue weighted by Crippen LogP contribution is -2.27. The summed E-state index contributed by atoms with van der Waals surface area (Å²) < 4.78 is 9.52. The summed E-state index contributed by atoms with van der Waals surface area (Å²) >= 11 is 0. The van der Waals surface area contributed by atoms with Crippen LogP contribution in [0.25, 0.3) is 0 Å². The minimum Gasteiger partial charge on any atom is -0.466 e. The molecule has 108 valence electrons. The number of rotatable bonds is 5. The average Bonchev–Trinajstić information content (AvgIpc) is 2.42. The van der Waals surface area contributed by atoms with Crippen LogP contribution in [0, 0.1) is 17.0 Å². The van der Waals surface area contributed by atoms with Crippen molar-refractivity contribution >= 4 is 17.6 Å². The Morgan fingerprint density at radius 1 is 1.40 bits per heavy atom. The number of carbonyl (C=O) groups excluding carboxylic acids is 2. The summed E-state index contributed by atoms with van der Waals surface area (Å²) in [6, 6.07) is 3.87. The zero-order valence-electron chi connectivity index (χ0n) is 11.4. The molecule has 1 rings (SSSR count). The molecular weight excluding hydrogens is 266 g/mol. The molecule has 0 amide bonds. The zero-order chi connectivity index (χ0) is 15.3. The number of nitro groups is 1. The van der Waals surface area contributed by atoms with Gasteiger partial charge in [-0.2, -0.15) is 0 Å². The van der Waals surface area contributed by atoms with Gasteiger partial charge in [-0.15, -0.1) is 0 Å². The van der Waals surface area contributed by atoms with Crippen molar-refractivity contribution < 1.29 is 24.0 Å². The van der Waals surface area contributed by atoms with E-state index in [0.29, 0.717) is 5.56 Å². The molecular formula is C13H15NO6. The standard InChI is InChI=1S/C13H15NO6/c1-4-11(13(16)19-3)20-12(15)9-5-6-10(14(17)18)8(2)7-9/h5-7,11H,4H2,1-3H3/t11-/m0/s1. The van der Waals surface area contributed by atoms with Crippen molar-refractivity contribution in [3.63, 3.8) is 0 Å². The molecule has 0 radical (unpaired) electrons. The van der Waals surface area contributed by atoms with Gasteiger partial charge in [-0.3, -0.25) is 10.1 Å². The lowest BCUT2D eigenvalue weighted by atomic mass is 10.1. The third kappa shape index (κ3) is 3.53. The number of carbonyl (C=O) groups is 2. The maximum Gasteiger partial charge on any atom is 0.347 e. The molecule has 0 heterocycles. The topological polar surface area (TPSA) is 95.7 Å². The summed E-state index contributed by atoms with van der Waals surface area (Å²) in [6.45, 7) is 3.20. The van der Waals surface area contributed by atoms with Gasteiger partial charge in [0.05, 0.1) is 17.6 Å². The fourth-order valence-corrected chi connectivity index (χ4v) is 1.61. The highest BCUT2D eigenvalue weighted by molar-refractivity contribution is 5.92. The lowest BCUT2D eigenvalue weighted by Gasteiger charge is -2.13. The van der Waals surface area contributed by atoms with Gasteiger partial charge < -0.3 is 9.47 Å². The van der Waals surface area contributed by atoms with E-state index in [1.165, 1.54) is 32.2 Å². The number of nitrogens with zero attached hydrogens (tertiary/aromatic N) is 1. The second-order valence-corrected chi connectivity index (χ2v) is 4.08. The third-order valence-electron chi connectivity index (χ3n) is 2.71. The predicted octanol–water partition coefficient (Wildman–Crippen LogP) is 2.01. The summed E-state index contributed by atoms with van der Waals surface area (Å²) in [5, 5.41) is 10.7. The number of hydrogen-bond acceptors (Lipinski definition) is 6. The minimum absolute atomic E-state index is 0.0819. The first-order valence-corrected chi connectivity index (χ1v) is 5.94. The average molecular weight is 281 g/mol. The Morgan fingerprint density at radius 2 is 2.05 bits per heavy atom. The maximum absolute atomic E-state index is 11.9. The van der Waals surface area contributed by atoms with Gasteiger partial charge in [0.1, 0.15) is 0 Å². The molecule has 1 aromatic rings. The van der Waals surface area contributed by atoms with Crippen molar-refractivity contribution in [2.24, 2.45) is 0 Å². The molecule has 0 unspecified atom stereocenters. The first-order valence-electron chi connectivity index (χ1n) is 5.94. The molecule has 0 N–H and O–H groups in total. The van der Waals surface area contributed by atoms with E-state index in [-0.39, 0.29) is 17.7 Å². The van der Waals surface area contributed by atoms with Crippen LogP contribution in [0.1, 0.15) is 29.3 Å². The Hall–Kier alpha value is -2.44. The van der Waals surface area contributed by atoms with Crippen LogP contribution in [-0.4, -0.2) is 30.1 Å². The quantitative estimate of drug-likeness (QED) is 0.465. The molecule has 0 aliphatic heterocycles. The molecule has 0 aliphatic carbocycles. The van der Waals surface area contributed by atoms with Crippen molar-refractivity contribution in [3.05, 3.63) is 39.4 Å². The van der Waals surface area contributed by atoms with Crippen LogP contribution in [-0.2, 0) is 14.3 Å². The predicted molar refractivity (Wildman–Crippen MR) is 69.3 cm³/mol. The molecule has 20 heavy (non-hydrogen) atoms. The van der Waals surface area contributed by atoms with Gasteiger partial charge in [0.25, 0.3) is 5.69 Å². The van der Waals surface area contributed by atoms with Crippen molar-refractivity contribution in [1.82, 2.24) is 0 Å². The van der Waals surface area contributed by atoms with Gasteiger partial charge in [-0.25, -0.2) is 9.59 Å². The Labute approximate surface area is 115 Å². The van der Waals surface area contributed by atoms with Gasteiger partial charge >= 0.3 is 11.9 Å². The van der Waals surface area contributed by atoms with E-state index < -0.39 is 23.0 Å². The molecule has 0 saturated carbocycles. The highest BCUT2D eigenvalue weighted by Gasteiger charge is 2.23. The van der Waals surface area contributed by atoms with Crippen LogP contribution in [0.4, 0.5) is 5.69 Å². The molecule has 0 aliphatic rings. The molecule has 7 nitrogen and oxygen atoms in total.